The molecule has 0 atom stereocenters. The van der Waals surface area contributed by atoms with E-state index in [-0.39, 0.29) is 7.92 Å². The molecule has 0 amide bonds. The van der Waals surface area contributed by atoms with Crippen molar-refractivity contribution in [1.29, 1.82) is 0 Å². The summed E-state index contributed by atoms with van der Waals surface area (Å²) in [4.78, 5) is 0. The van der Waals surface area contributed by atoms with Crippen LogP contribution in [0, 0.1) is 0 Å². The van der Waals surface area contributed by atoms with Crippen LogP contribution in [0.3, 0.4) is 0 Å². The Hall–Kier alpha value is 0.567. The van der Waals surface area contributed by atoms with E-state index in [9.17, 15) is 0 Å². The van der Waals surface area contributed by atoms with Crippen molar-refractivity contribution in [2.75, 3.05) is 19.4 Å². The molecular formula is C19H39O2PSi. The molecule has 0 aliphatic heterocycles. The normalized spacial score (nSPS) is 21.9. The van der Waals surface area contributed by atoms with Crippen molar-refractivity contribution in [3.05, 3.63) is 0 Å². The smallest absolute Gasteiger partial charge is 0.335 e. The summed E-state index contributed by atoms with van der Waals surface area (Å²) >= 11 is 0. The minimum absolute atomic E-state index is 0.192. The van der Waals surface area contributed by atoms with E-state index in [0.717, 1.165) is 24.5 Å². The second-order valence-corrected chi connectivity index (χ2v) is 13.9. The SMILES string of the molecule is CCO[Si](C)(CCP(C1CCCCC1)C1CCCCC1)OCC. The van der Waals surface area contributed by atoms with Crippen molar-refractivity contribution in [3.63, 3.8) is 0 Å². The minimum atomic E-state index is -1.92. The van der Waals surface area contributed by atoms with E-state index in [0.29, 0.717) is 0 Å². The topological polar surface area (TPSA) is 18.5 Å². The lowest BCUT2D eigenvalue weighted by molar-refractivity contribution is 0.190. The first-order valence-electron chi connectivity index (χ1n) is 10.2. The molecule has 2 fully saturated rings. The fraction of sp³-hybridized carbons (Fsp3) is 1.00. The molecule has 136 valence electrons. The molecule has 2 rings (SSSR count). The predicted octanol–water partition coefficient (Wildman–Crippen LogP) is 6.28. The monoisotopic (exact) mass is 358 g/mol. The van der Waals surface area contributed by atoms with E-state index < -0.39 is 8.56 Å². The number of hydrogen-bond donors (Lipinski definition) is 0. The summed E-state index contributed by atoms with van der Waals surface area (Å²) in [6.07, 6.45) is 16.4. The second-order valence-electron chi connectivity index (χ2n) is 7.57. The molecule has 0 aromatic rings. The fourth-order valence-corrected chi connectivity index (χ4v) is 12.3. The molecule has 2 nitrogen and oxygen atoms in total. The van der Waals surface area contributed by atoms with E-state index in [4.69, 9.17) is 8.85 Å². The van der Waals surface area contributed by atoms with Crippen molar-refractivity contribution in [1.82, 2.24) is 0 Å². The molecule has 0 bridgehead atoms. The van der Waals surface area contributed by atoms with Crippen LogP contribution in [0.25, 0.3) is 0 Å². The van der Waals surface area contributed by atoms with Crippen LogP contribution >= 0.6 is 7.92 Å². The highest BCUT2D eigenvalue weighted by molar-refractivity contribution is 7.59. The van der Waals surface area contributed by atoms with Gasteiger partial charge in [0.25, 0.3) is 0 Å². The molecule has 0 spiro atoms. The summed E-state index contributed by atoms with van der Waals surface area (Å²) < 4.78 is 12.2. The number of hydrogen-bond acceptors (Lipinski definition) is 2. The third kappa shape index (κ3) is 6.42. The second kappa shape index (κ2) is 10.5. The zero-order valence-electron chi connectivity index (χ0n) is 15.8. The lowest BCUT2D eigenvalue weighted by atomic mass is 9.99. The summed E-state index contributed by atoms with van der Waals surface area (Å²) in [5.41, 5.74) is 2.12. The van der Waals surface area contributed by atoms with Crippen LogP contribution in [0.2, 0.25) is 12.6 Å². The quantitative estimate of drug-likeness (QED) is 0.357. The van der Waals surface area contributed by atoms with E-state index in [1.807, 2.05) is 0 Å². The fourth-order valence-electron chi connectivity index (χ4n) is 4.62. The highest BCUT2D eigenvalue weighted by atomic mass is 31.1. The first kappa shape index (κ1) is 19.9. The van der Waals surface area contributed by atoms with Gasteiger partial charge >= 0.3 is 8.56 Å². The molecule has 0 unspecified atom stereocenters. The Balaban J connectivity index is 1.97. The van der Waals surface area contributed by atoms with Crippen LogP contribution in [0.5, 0.6) is 0 Å². The Morgan fingerprint density at radius 1 is 0.783 bits per heavy atom. The van der Waals surface area contributed by atoms with Gasteiger partial charge in [-0.05, 0) is 69.6 Å². The van der Waals surface area contributed by atoms with E-state index in [2.05, 4.69) is 20.4 Å². The maximum Gasteiger partial charge on any atom is 0.335 e. The molecule has 23 heavy (non-hydrogen) atoms. The Bertz CT molecular complexity index is 290. The largest absolute Gasteiger partial charge is 0.395 e. The van der Waals surface area contributed by atoms with Crippen LogP contribution in [-0.2, 0) is 8.85 Å². The molecule has 2 aliphatic rings. The summed E-state index contributed by atoms with van der Waals surface area (Å²) in [5.74, 6) is 0. The molecule has 0 N–H and O–H groups in total. The maximum absolute atomic E-state index is 6.12. The highest BCUT2D eigenvalue weighted by Crippen LogP contribution is 2.56. The van der Waals surface area contributed by atoms with Crippen LogP contribution in [0.15, 0.2) is 0 Å². The van der Waals surface area contributed by atoms with Gasteiger partial charge in [0, 0.05) is 13.2 Å². The van der Waals surface area contributed by atoms with E-state index >= 15 is 0 Å². The van der Waals surface area contributed by atoms with Gasteiger partial charge in [-0.25, -0.2) is 0 Å². The van der Waals surface area contributed by atoms with Crippen LogP contribution in [0.4, 0.5) is 0 Å². The lowest BCUT2D eigenvalue weighted by Crippen LogP contribution is -2.40. The van der Waals surface area contributed by atoms with Gasteiger partial charge in [-0.1, -0.05) is 38.5 Å². The van der Waals surface area contributed by atoms with E-state index in [1.54, 1.807) is 0 Å². The van der Waals surface area contributed by atoms with Crippen molar-refractivity contribution >= 4 is 16.5 Å². The number of rotatable bonds is 9. The lowest BCUT2D eigenvalue weighted by Gasteiger charge is -2.40. The first-order valence-corrected chi connectivity index (χ1v) is 14.4. The summed E-state index contributed by atoms with van der Waals surface area (Å²) in [5, 5.41) is 0. The average molecular weight is 359 g/mol. The third-order valence-corrected chi connectivity index (χ3v) is 12.8. The van der Waals surface area contributed by atoms with Crippen LogP contribution in [0.1, 0.15) is 78.1 Å². The minimum Gasteiger partial charge on any atom is -0.395 e. The van der Waals surface area contributed by atoms with Gasteiger partial charge in [0.15, 0.2) is 0 Å². The molecule has 0 heterocycles. The molecule has 0 aromatic heterocycles. The highest BCUT2D eigenvalue weighted by Gasteiger charge is 2.36. The molecule has 0 saturated heterocycles. The van der Waals surface area contributed by atoms with Crippen molar-refractivity contribution < 1.29 is 8.85 Å². The van der Waals surface area contributed by atoms with Crippen molar-refractivity contribution in [2.45, 2.75) is 102 Å². The molecule has 0 radical (unpaired) electrons. The van der Waals surface area contributed by atoms with Gasteiger partial charge in [-0.15, -0.1) is 7.92 Å². The summed E-state index contributed by atoms with van der Waals surface area (Å²) in [6.45, 7) is 8.17. The Morgan fingerprint density at radius 3 is 1.61 bits per heavy atom. The predicted molar refractivity (Wildman–Crippen MR) is 105 cm³/mol. The van der Waals surface area contributed by atoms with E-state index in [1.165, 1.54) is 76.4 Å². The van der Waals surface area contributed by atoms with Crippen LogP contribution < -0.4 is 0 Å². The average Bonchev–Trinajstić information content (AvgIpc) is 2.57. The Kier molecular flexibility index (Phi) is 9.11. The van der Waals surface area contributed by atoms with Gasteiger partial charge in [-0.3, -0.25) is 0 Å². The standard InChI is InChI=1S/C19H39O2PSi/c1-4-20-23(3,21-5-2)17-16-22(18-12-8-6-9-13-18)19-14-10-7-11-15-19/h18-19H,4-17H2,1-3H3. The van der Waals surface area contributed by atoms with Gasteiger partial charge < -0.3 is 8.85 Å². The van der Waals surface area contributed by atoms with Gasteiger partial charge in [0.2, 0.25) is 0 Å². The van der Waals surface area contributed by atoms with Gasteiger partial charge in [0.1, 0.15) is 0 Å². The molecule has 2 aliphatic carbocycles. The van der Waals surface area contributed by atoms with Gasteiger partial charge in [0.05, 0.1) is 0 Å². The zero-order valence-corrected chi connectivity index (χ0v) is 17.7. The molecule has 4 heteroatoms. The Labute approximate surface area is 147 Å². The summed E-state index contributed by atoms with van der Waals surface area (Å²) in [6, 6.07) is 1.23. The van der Waals surface area contributed by atoms with Crippen LogP contribution in [-0.4, -0.2) is 39.3 Å². The molecule has 0 aromatic carbocycles. The third-order valence-electron chi connectivity index (χ3n) is 5.81. The van der Waals surface area contributed by atoms with Gasteiger partial charge in [-0.2, -0.15) is 0 Å². The van der Waals surface area contributed by atoms with Crippen molar-refractivity contribution in [3.8, 4) is 0 Å². The molecular weight excluding hydrogens is 319 g/mol. The zero-order chi connectivity index (χ0) is 16.5. The van der Waals surface area contributed by atoms with Crippen molar-refractivity contribution in [2.24, 2.45) is 0 Å². The molecule has 2 saturated carbocycles. The first-order chi connectivity index (χ1) is 11.2. The Morgan fingerprint density at radius 2 is 1.22 bits per heavy atom. The summed E-state index contributed by atoms with van der Waals surface area (Å²) in [7, 11) is -1.73. The maximum atomic E-state index is 6.12.